The van der Waals surface area contributed by atoms with E-state index in [0.717, 1.165) is 21.5 Å². The van der Waals surface area contributed by atoms with Crippen LogP contribution in [0.4, 0.5) is 0 Å². The van der Waals surface area contributed by atoms with E-state index in [0.29, 0.717) is 11.6 Å². The first-order valence-corrected chi connectivity index (χ1v) is 8.88. The molecule has 3 heterocycles. The summed E-state index contributed by atoms with van der Waals surface area (Å²) in [5.41, 5.74) is 7.24. The van der Waals surface area contributed by atoms with E-state index in [1.165, 1.54) is 17.7 Å². The molecule has 3 aromatic heterocycles. The van der Waals surface area contributed by atoms with Gasteiger partial charge in [-0.2, -0.15) is 0 Å². The van der Waals surface area contributed by atoms with Gasteiger partial charge in [0.25, 0.3) is 0 Å². The second-order valence-corrected chi connectivity index (χ2v) is 6.84. The molecule has 0 spiro atoms. The number of nitrogens with zero attached hydrogens (tertiary/aromatic N) is 3. The van der Waals surface area contributed by atoms with Gasteiger partial charge in [-0.25, -0.2) is 9.97 Å². The van der Waals surface area contributed by atoms with E-state index in [1.54, 1.807) is 0 Å². The van der Waals surface area contributed by atoms with Crippen LogP contribution in [-0.4, -0.2) is 20.4 Å². The van der Waals surface area contributed by atoms with Crippen molar-refractivity contribution in [2.45, 2.75) is 5.92 Å². The minimum atomic E-state index is -0.455. The molecule has 1 atom stereocenters. The fourth-order valence-electron chi connectivity index (χ4n) is 2.90. The highest BCUT2D eigenvalue weighted by Crippen LogP contribution is 2.31. The Balaban J connectivity index is 1.62. The van der Waals surface area contributed by atoms with Crippen LogP contribution in [0.3, 0.4) is 0 Å². The number of fused-ring (bicyclic) bond motifs is 1. The largest absolute Gasteiger partial charge is 0.438 e. The quantitative estimate of drug-likeness (QED) is 0.588. The molecule has 0 saturated heterocycles. The molecule has 2 N–H and O–H groups in total. The number of hydrogen-bond acceptors (Lipinski definition) is 5. The summed E-state index contributed by atoms with van der Waals surface area (Å²) >= 11 is 1.51. The molecule has 4 aromatic rings. The van der Waals surface area contributed by atoms with Crippen LogP contribution in [0.5, 0.6) is 11.6 Å². The van der Waals surface area contributed by atoms with Crippen molar-refractivity contribution in [3.8, 4) is 11.6 Å². The first-order valence-electron chi connectivity index (χ1n) is 8.00. The Labute approximate surface area is 153 Å². The van der Waals surface area contributed by atoms with Gasteiger partial charge in [0.05, 0.1) is 11.3 Å². The van der Waals surface area contributed by atoms with Gasteiger partial charge in [0, 0.05) is 18.1 Å². The van der Waals surface area contributed by atoms with Crippen LogP contribution in [0.2, 0.25) is 0 Å². The molecule has 6 nitrogen and oxygen atoms in total. The standard InChI is InChI=1S/C19H16N4O2S/c1-23-9-8-14-18(23)21-11-22-19(14)25-13-6-4-12(5-7-13)16(17(20)24)15-3-2-10-26-15/h2-11,16H,1H3,(H2,20,24). The number of carbonyl (C=O) groups is 1. The van der Waals surface area contributed by atoms with Crippen LogP contribution in [0, 0.1) is 0 Å². The molecule has 0 aliphatic carbocycles. The van der Waals surface area contributed by atoms with Crippen molar-refractivity contribution < 1.29 is 9.53 Å². The highest BCUT2D eigenvalue weighted by atomic mass is 32.1. The van der Waals surface area contributed by atoms with E-state index in [2.05, 4.69) is 9.97 Å². The molecule has 0 aliphatic rings. The average Bonchev–Trinajstić information content (AvgIpc) is 3.28. The Hall–Kier alpha value is -3.19. The Morgan fingerprint density at radius 1 is 1.19 bits per heavy atom. The molecule has 0 aliphatic heterocycles. The molecule has 0 radical (unpaired) electrons. The lowest BCUT2D eigenvalue weighted by atomic mass is 9.97. The number of benzene rings is 1. The molecule has 7 heteroatoms. The fraction of sp³-hybridized carbons (Fsp3) is 0.105. The summed E-state index contributed by atoms with van der Waals surface area (Å²) in [6.07, 6.45) is 3.39. The second-order valence-electron chi connectivity index (χ2n) is 5.86. The molecular weight excluding hydrogens is 348 g/mol. The minimum absolute atomic E-state index is 0.372. The first kappa shape index (κ1) is 16.3. The molecule has 0 bridgehead atoms. The van der Waals surface area contributed by atoms with E-state index in [9.17, 15) is 4.79 Å². The molecule has 4 rings (SSSR count). The molecule has 0 fully saturated rings. The summed E-state index contributed by atoms with van der Waals surface area (Å²) in [7, 11) is 1.92. The number of thiophene rings is 1. The van der Waals surface area contributed by atoms with E-state index in [1.807, 2.05) is 65.7 Å². The fourth-order valence-corrected chi connectivity index (χ4v) is 3.76. The van der Waals surface area contributed by atoms with Gasteiger partial charge in [-0.05, 0) is 35.2 Å². The Kier molecular flexibility index (Phi) is 4.14. The van der Waals surface area contributed by atoms with Gasteiger partial charge in [-0.3, -0.25) is 4.79 Å². The van der Waals surface area contributed by atoms with Crippen molar-refractivity contribution in [3.05, 3.63) is 70.8 Å². The van der Waals surface area contributed by atoms with Gasteiger partial charge in [-0.15, -0.1) is 11.3 Å². The number of nitrogens with two attached hydrogens (primary N) is 1. The van der Waals surface area contributed by atoms with Crippen molar-refractivity contribution in [1.82, 2.24) is 14.5 Å². The van der Waals surface area contributed by atoms with Crippen LogP contribution >= 0.6 is 11.3 Å². The number of primary amides is 1. The van der Waals surface area contributed by atoms with Crippen molar-refractivity contribution in [2.24, 2.45) is 12.8 Å². The van der Waals surface area contributed by atoms with E-state index in [-0.39, 0.29) is 5.91 Å². The highest BCUT2D eigenvalue weighted by molar-refractivity contribution is 7.10. The number of ether oxygens (including phenoxy) is 1. The van der Waals surface area contributed by atoms with Gasteiger partial charge in [0.15, 0.2) is 0 Å². The molecule has 1 unspecified atom stereocenters. The lowest BCUT2D eigenvalue weighted by Gasteiger charge is -2.13. The summed E-state index contributed by atoms with van der Waals surface area (Å²) < 4.78 is 7.82. The lowest BCUT2D eigenvalue weighted by molar-refractivity contribution is -0.118. The van der Waals surface area contributed by atoms with Crippen LogP contribution < -0.4 is 10.5 Å². The van der Waals surface area contributed by atoms with Gasteiger partial charge < -0.3 is 15.0 Å². The third kappa shape index (κ3) is 2.93. The zero-order valence-corrected chi connectivity index (χ0v) is 14.8. The van der Waals surface area contributed by atoms with Crippen molar-refractivity contribution >= 4 is 28.3 Å². The second kappa shape index (κ2) is 6.61. The third-order valence-corrected chi connectivity index (χ3v) is 5.10. The molecule has 0 saturated carbocycles. The molecule has 1 aromatic carbocycles. The number of amides is 1. The highest BCUT2D eigenvalue weighted by Gasteiger charge is 2.21. The van der Waals surface area contributed by atoms with Gasteiger partial charge >= 0.3 is 0 Å². The van der Waals surface area contributed by atoms with Crippen molar-refractivity contribution in [3.63, 3.8) is 0 Å². The number of aryl methyl sites for hydroxylation is 1. The van der Waals surface area contributed by atoms with E-state index >= 15 is 0 Å². The normalized spacial score (nSPS) is 12.2. The maximum Gasteiger partial charge on any atom is 0.231 e. The summed E-state index contributed by atoms with van der Waals surface area (Å²) in [5.74, 6) is 0.298. The van der Waals surface area contributed by atoms with E-state index in [4.69, 9.17) is 10.5 Å². The van der Waals surface area contributed by atoms with Crippen molar-refractivity contribution in [1.29, 1.82) is 0 Å². The first-order chi connectivity index (χ1) is 12.6. The number of rotatable bonds is 5. The zero-order chi connectivity index (χ0) is 18.1. The number of hydrogen-bond donors (Lipinski definition) is 1. The minimum Gasteiger partial charge on any atom is -0.438 e. The van der Waals surface area contributed by atoms with Crippen LogP contribution in [-0.2, 0) is 11.8 Å². The van der Waals surface area contributed by atoms with Crippen LogP contribution in [0.15, 0.2) is 60.4 Å². The maximum absolute atomic E-state index is 11.9. The zero-order valence-electron chi connectivity index (χ0n) is 14.0. The van der Waals surface area contributed by atoms with Gasteiger partial charge in [-0.1, -0.05) is 18.2 Å². The van der Waals surface area contributed by atoms with Crippen molar-refractivity contribution in [2.75, 3.05) is 0 Å². The lowest BCUT2D eigenvalue weighted by Crippen LogP contribution is -2.21. The smallest absolute Gasteiger partial charge is 0.231 e. The molecular formula is C19H16N4O2S. The number of aromatic nitrogens is 3. The van der Waals surface area contributed by atoms with E-state index < -0.39 is 5.92 Å². The van der Waals surface area contributed by atoms with Gasteiger partial charge in [0.2, 0.25) is 11.8 Å². The average molecular weight is 364 g/mol. The SMILES string of the molecule is Cn1ccc2c(Oc3ccc(C(C(N)=O)c4cccs4)cc3)ncnc21. The summed E-state index contributed by atoms with van der Waals surface area (Å²) in [5, 5.41) is 2.77. The Morgan fingerprint density at radius 2 is 2.00 bits per heavy atom. The topological polar surface area (TPSA) is 83.0 Å². The van der Waals surface area contributed by atoms with Gasteiger partial charge in [0.1, 0.15) is 17.7 Å². The Morgan fingerprint density at radius 3 is 2.69 bits per heavy atom. The Bertz CT molecular complexity index is 1060. The molecule has 1 amide bonds. The molecule has 26 heavy (non-hydrogen) atoms. The summed E-state index contributed by atoms with van der Waals surface area (Å²) in [6.45, 7) is 0. The maximum atomic E-state index is 11.9. The predicted octanol–water partition coefficient (Wildman–Crippen LogP) is 3.44. The summed E-state index contributed by atoms with van der Waals surface area (Å²) in [4.78, 5) is 21.3. The van der Waals surface area contributed by atoms with Crippen LogP contribution in [0.1, 0.15) is 16.4 Å². The third-order valence-electron chi connectivity index (χ3n) is 4.17. The van der Waals surface area contributed by atoms with Crippen LogP contribution in [0.25, 0.3) is 11.0 Å². The molecule has 130 valence electrons. The monoisotopic (exact) mass is 364 g/mol. The predicted molar refractivity (Wildman–Crippen MR) is 100 cm³/mol. The number of carbonyl (C=O) groups excluding carboxylic acids is 1. The summed E-state index contributed by atoms with van der Waals surface area (Å²) in [6, 6.07) is 13.1.